The highest BCUT2D eigenvalue weighted by molar-refractivity contribution is 6.01. The summed E-state index contributed by atoms with van der Waals surface area (Å²) in [5, 5.41) is 4.81. The van der Waals surface area contributed by atoms with Crippen molar-refractivity contribution in [3.63, 3.8) is 0 Å². The van der Waals surface area contributed by atoms with Gasteiger partial charge in [-0.15, -0.1) is 0 Å². The summed E-state index contributed by atoms with van der Waals surface area (Å²) >= 11 is 0. The van der Waals surface area contributed by atoms with E-state index in [1.165, 1.54) is 172 Å². The molecular formula is C132H86N2. The van der Waals surface area contributed by atoms with Gasteiger partial charge in [0, 0.05) is 34.1 Å². The third-order valence-electron chi connectivity index (χ3n) is 30.3. The van der Waals surface area contributed by atoms with Gasteiger partial charge in [0.1, 0.15) is 0 Å². The standard InChI is InChI=1S/C132H86N2/c1-7-33-97(34-8-1)129(98-35-9-2-10-36-98)119-50-26-21-47-111(119)114-74-70-105(83-125(114)129)133(103-66-61-88(62-67-103)91-56-55-87-31-19-20-32-90(87)79-91)107-73-77-117-118-82-96(65-78-124(118)131(127(117)85-107,101-41-15-5-16-42-101)102-43-17-6-18-44-102)95-60-59-93-80-92(57-58-94(93)81-95)89-63-68-104(69-64-89)134(106-71-75-115-112-48-22-27-51-120(112)130(126(115)84-106,99-37-11-3-12-38-99)100-39-13-4-14-40-100)108-72-76-116-113-49-25-30-54-123(113)132(128(116)86-108)121-52-28-23-45-109(121)110-46-24-29-53-122(110)132/h1-86H. The fourth-order valence-corrected chi connectivity index (χ4v) is 24.6. The van der Waals surface area contributed by atoms with Crippen LogP contribution in [0, 0.1) is 0 Å². The second-order valence-electron chi connectivity index (χ2n) is 36.7. The summed E-state index contributed by atoms with van der Waals surface area (Å²) in [6, 6.07) is 197. The van der Waals surface area contributed by atoms with E-state index >= 15 is 0 Å². The Hall–Kier alpha value is -17.0. The maximum absolute atomic E-state index is 2.53. The van der Waals surface area contributed by atoms with Gasteiger partial charge >= 0.3 is 0 Å². The number of hydrogen-bond acceptors (Lipinski definition) is 2. The van der Waals surface area contributed by atoms with Crippen LogP contribution in [0.5, 0.6) is 0 Å². The van der Waals surface area contributed by atoms with Crippen LogP contribution in [0.15, 0.2) is 522 Å². The molecule has 0 saturated carbocycles. The average molecular weight is 1700 g/mol. The largest absolute Gasteiger partial charge is 0.310 e. The van der Waals surface area contributed by atoms with E-state index in [2.05, 4.69) is 532 Å². The first kappa shape index (κ1) is 77.0. The Morgan fingerprint density at radius 3 is 0.649 bits per heavy atom. The van der Waals surface area contributed by atoms with Crippen LogP contribution in [0.2, 0.25) is 0 Å². The summed E-state index contributed by atoms with van der Waals surface area (Å²) in [5.41, 5.74) is 43.7. The van der Waals surface area contributed by atoms with E-state index in [0.29, 0.717) is 0 Å². The zero-order chi connectivity index (χ0) is 88.2. The van der Waals surface area contributed by atoms with Gasteiger partial charge in [-0.1, -0.05) is 425 Å². The Morgan fingerprint density at radius 1 is 0.112 bits per heavy atom. The number of hydrogen-bond donors (Lipinski definition) is 0. The predicted octanol–water partition coefficient (Wildman–Crippen LogP) is 33.4. The number of nitrogens with zero attached hydrogens (tertiary/aromatic N) is 2. The lowest BCUT2D eigenvalue weighted by Gasteiger charge is -2.36. The minimum Gasteiger partial charge on any atom is -0.310 e. The molecule has 0 atom stereocenters. The van der Waals surface area contributed by atoms with E-state index in [9.17, 15) is 0 Å². The quantitative estimate of drug-likeness (QED) is 0.101. The summed E-state index contributed by atoms with van der Waals surface area (Å²) in [5.74, 6) is 0. The molecule has 5 aliphatic rings. The summed E-state index contributed by atoms with van der Waals surface area (Å²) in [7, 11) is 0. The molecule has 0 heterocycles. The smallest absolute Gasteiger partial charge is 0.0726 e. The summed E-state index contributed by atoms with van der Waals surface area (Å²) in [6.07, 6.45) is 0. The summed E-state index contributed by atoms with van der Waals surface area (Å²) in [4.78, 5) is 5.04. The molecular weight excluding hydrogens is 1610 g/mol. The average Bonchev–Trinajstić information content (AvgIpc) is 1.51. The summed E-state index contributed by atoms with van der Waals surface area (Å²) in [6.45, 7) is 0. The van der Waals surface area contributed by atoms with Crippen molar-refractivity contribution in [2.75, 3.05) is 9.80 Å². The van der Waals surface area contributed by atoms with Gasteiger partial charge in [-0.3, -0.25) is 0 Å². The molecule has 2 heteroatoms. The first-order valence-corrected chi connectivity index (χ1v) is 46.8. The molecule has 0 amide bonds. The molecule has 22 aromatic rings. The normalized spacial score (nSPS) is 13.9. The Kier molecular flexibility index (Phi) is 17.4. The topological polar surface area (TPSA) is 6.48 Å². The van der Waals surface area contributed by atoms with Crippen LogP contribution in [-0.2, 0) is 21.7 Å². The van der Waals surface area contributed by atoms with Crippen LogP contribution in [0.3, 0.4) is 0 Å². The summed E-state index contributed by atoms with van der Waals surface area (Å²) < 4.78 is 0. The van der Waals surface area contributed by atoms with Gasteiger partial charge in [-0.05, 0) is 297 Å². The van der Waals surface area contributed by atoms with Gasteiger partial charge in [0.05, 0.1) is 21.7 Å². The SMILES string of the molecule is c1ccc(C2(c3ccccc3)c3ccccc3-c3ccc(N(c4ccc(-c5ccc6ccccc6c5)cc4)c4ccc5c(c4)C(c4ccccc4)(c4ccccc4)c4ccc(-c6ccc7cc(-c8ccc(N(c9ccc%10c(c9)C(c9ccccc9)(c9ccccc9)c9ccccc9-%10)c9ccc%10c(c9)C9(c%11ccccc%11-c%11ccccc%119)c9ccccc9-%10)cc8)ccc7c6)cc4-5)cc32)cc1. The highest BCUT2D eigenvalue weighted by Crippen LogP contribution is 2.66. The molecule has 0 saturated heterocycles. The third-order valence-corrected chi connectivity index (χ3v) is 30.3. The monoisotopic (exact) mass is 1700 g/mol. The highest BCUT2D eigenvalue weighted by Gasteiger charge is 2.54. The maximum atomic E-state index is 2.53. The van der Waals surface area contributed by atoms with E-state index in [1.807, 2.05) is 0 Å². The molecule has 1 spiro atoms. The van der Waals surface area contributed by atoms with Crippen LogP contribution in [0.1, 0.15) is 89.0 Å². The molecule has 134 heavy (non-hydrogen) atoms. The lowest BCUT2D eigenvalue weighted by molar-refractivity contribution is 0.767. The van der Waals surface area contributed by atoms with Crippen LogP contribution in [-0.4, -0.2) is 0 Å². The first-order chi connectivity index (χ1) is 66.4. The van der Waals surface area contributed by atoms with Gasteiger partial charge in [0.25, 0.3) is 0 Å². The van der Waals surface area contributed by atoms with Crippen LogP contribution >= 0.6 is 0 Å². The molecule has 0 fully saturated rings. The van der Waals surface area contributed by atoms with Crippen molar-refractivity contribution >= 4 is 55.7 Å². The van der Waals surface area contributed by atoms with Crippen molar-refractivity contribution in [2.24, 2.45) is 0 Å². The molecule has 0 aliphatic heterocycles. The number of fused-ring (bicyclic) bond motifs is 21. The van der Waals surface area contributed by atoms with Crippen LogP contribution in [0.4, 0.5) is 34.1 Å². The van der Waals surface area contributed by atoms with Crippen molar-refractivity contribution in [2.45, 2.75) is 21.7 Å². The van der Waals surface area contributed by atoms with E-state index in [0.717, 1.165) is 61.9 Å². The zero-order valence-electron chi connectivity index (χ0n) is 73.5. The van der Waals surface area contributed by atoms with Gasteiger partial charge < -0.3 is 9.80 Å². The fraction of sp³-hybridized carbons (Fsp3) is 0.0303. The van der Waals surface area contributed by atoms with Gasteiger partial charge in [0.2, 0.25) is 0 Å². The van der Waals surface area contributed by atoms with Crippen molar-refractivity contribution in [1.82, 2.24) is 0 Å². The van der Waals surface area contributed by atoms with Crippen molar-refractivity contribution in [1.29, 1.82) is 0 Å². The van der Waals surface area contributed by atoms with Crippen LogP contribution < -0.4 is 9.80 Å². The van der Waals surface area contributed by atoms with Gasteiger partial charge in [-0.2, -0.15) is 0 Å². The number of benzene rings is 22. The highest BCUT2D eigenvalue weighted by atomic mass is 15.1. The molecule has 5 aliphatic carbocycles. The van der Waals surface area contributed by atoms with E-state index in [1.54, 1.807) is 0 Å². The number of anilines is 6. The molecule has 27 rings (SSSR count). The molecule has 0 bridgehead atoms. The molecule has 2 nitrogen and oxygen atoms in total. The van der Waals surface area contributed by atoms with Crippen LogP contribution in [0.25, 0.3) is 111 Å². The maximum Gasteiger partial charge on any atom is 0.0726 e. The lowest BCUT2D eigenvalue weighted by Crippen LogP contribution is -2.29. The van der Waals surface area contributed by atoms with Gasteiger partial charge in [0.15, 0.2) is 0 Å². The molecule has 22 aromatic carbocycles. The van der Waals surface area contributed by atoms with E-state index in [4.69, 9.17) is 0 Å². The van der Waals surface area contributed by atoms with Gasteiger partial charge in [-0.25, -0.2) is 0 Å². The Balaban J connectivity index is 0.580. The molecule has 0 radical (unpaired) electrons. The fourth-order valence-electron chi connectivity index (χ4n) is 24.6. The molecule has 0 N–H and O–H groups in total. The third kappa shape index (κ3) is 11.2. The Bertz CT molecular complexity index is 8190. The predicted molar refractivity (Wildman–Crippen MR) is 555 cm³/mol. The lowest BCUT2D eigenvalue weighted by atomic mass is 9.67. The van der Waals surface area contributed by atoms with E-state index < -0.39 is 21.7 Å². The second kappa shape index (κ2) is 30.3. The minimum absolute atomic E-state index is 0.531. The minimum atomic E-state index is -0.708. The Labute approximate surface area is 781 Å². The molecule has 624 valence electrons. The van der Waals surface area contributed by atoms with Crippen molar-refractivity contribution in [3.8, 4) is 89.0 Å². The Morgan fingerprint density at radius 2 is 0.321 bits per heavy atom. The van der Waals surface area contributed by atoms with Crippen molar-refractivity contribution in [3.05, 3.63) is 611 Å². The van der Waals surface area contributed by atoms with E-state index in [-0.39, 0.29) is 0 Å². The first-order valence-electron chi connectivity index (χ1n) is 46.8. The van der Waals surface area contributed by atoms with Crippen molar-refractivity contribution < 1.29 is 0 Å². The zero-order valence-corrected chi connectivity index (χ0v) is 73.5. The second-order valence-corrected chi connectivity index (χ2v) is 36.7. The molecule has 0 aromatic heterocycles. The molecule has 0 unspecified atom stereocenters. The number of rotatable bonds is 15.